The molecule has 1 aliphatic rings. The minimum atomic E-state index is -2.74. The fourth-order valence-corrected chi connectivity index (χ4v) is 4.83. The summed E-state index contributed by atoms with van der Waals surface area (Å²) in [5, 5.41) is 49.2. The predicted molar refractivity (Wildman–Crippen MR) is 151 cm³/mol. The molecule has 2 heterocycles. The molecule has 0 amide bonds. The van der Waals surface area contributed by atoms with Crippen molar-refractivity contribution < 1.29 is 44.7 Å². The van der Waals surface area contributed by atoms with Crippen molar-refractivity contribution in [2.45, 2.75) is 56.9 Å². The van der Waals surface area contributed by atoms with Crippen molar-refractivity contribution in [2.24, 2.45) is 0 Å². The van der Waals surface area contributed by atoms with Gasteiger partial charge in [-0.1, -0.05) is 35.9 Å². The van der Waals surface area contributed by atoms with E-state index in [2.05, 4.69) is 53.3 Å². The molecule has 0 radical (unpaired) electrons. The van der Waals surface area contributed by atoms with E-state index in [-0.39, 0.29) is 0 Å². The highest BCUT2D eigenvalue weighted by atomic mass is 16.5. The Morgan fingerprint density at radius 2 is 1.60 bits per heavy atom. The first kappa shape index (κ1) is 32.3. The first-order valence-corrected chi connectivity index (χ1v) is 13.4. The molecule has 42 heavy (non-hydrogen) atoms. The Kier molecular flexibility index (Phi) is 10.8. The van der Waals surface area contributed by atoms with Crippen LogP contribution in [0.1, 0.15) is 47.9 Å². The first-order chi connectivity index (χ1) is 19.8. The Bertz CT molecular complexity index is 1330. The van der Waals surface area contributed by atoms with E-state index in [1.807, 2.05) is 23.0 Å². The molecular weight excluding hydrogens is 546 g/mol. The van der Waals surface area contributed by atoms with Crippen LogP contribution >= 0.6 is 0 Å². The van der Waals surface area contributed by atoms with Gasteiger partial charge in [0.05, 0.1) is 32.1 Å². The normalized spacial score (nSPS) is 14.9. The number of carboxylic acid groups (broad SMARTS) is 3. The minimum Gasteiger partial charge on any atom is -0.496 e. The smallest absolute Gasteiger partial charge is 0.336 e. The van der Waals surface area contributed by atoms with Crippen molar-refractivity contribution in [2.75, 3.05) is 20.2 Å². The molecule has 0 saturated carbocycles. The topological polar surface area (TPSA) is 183 Å². The molecule has 12 heteroatoms. The Morgan fingerprint density at radius 1 is 0.976 bits per heavy atom. The maximum Gasteiger partial charge on any atom is 0.336 e. The highest BCUT2D eigenvalue weighted by Gasteiger charge is 2.40. The van der Waals surface area contributed by atoms with Gasteiger partial charge in [-0.05, 0) is 49.1 Å². The number of nitrogens with zero attached hydrogens (tertiary/aromatic N) is 3. The van der Waals surface area contributed by atoms with Crippen molar-refractivity contribution in [1.82, 2.24) is 14.7 Å². The van der Waals surface area contributed by atoms with E-state index >= 15 is 0 Å². The summed E-state index contributed by atoms with van der Waals surface area (Å²) in [5.74, 6) is -4.13. The molecule has 2 aromatic carbocycles. The van der Waals surface area contributed by atoms with Gasteiger partial charge in [0.2, 0.25) is 0 Å². The van der Waals surface area contributed by atoms with E-state index in [9.17, 15) is 19.5 Å². The second-order valence-corrected chi connectivity index (χ2v) is 10.5. The molecule has 4 rings (SSSR count). The lowest BCUT2D eigenvalue weighted by atomic mass is 9.84. The summed E-state index contributed by atoms with van der Waals surface area (Å²) in [6, 6.07) is 16.6. The molecule has 226 valence electrons. The summed E-state index contributed by atoms with van der Waals surface area (Å²) in [6.07, 6.45) is 2.98. The molecule has 1 aliphatic heterocycles. The number of hydrogen-bond donors (Lipinski definition) is 5. The zero-order chi connectivity index (χ0) is 30.9. The maximum atomic E-state index is 11.1. The average Bonchev–Trinajstić information content (AvgIpc) is 3.43. The molecular formula is C30H37N3O9. The van der Waals surface area contributed by atoms with Gasteiger partial charge in [0.1, 0.15) is 5.75 Å². The summed E-state index contributed by atoms with van der Waals surface area (Å²) >= 11 is 0. The van der Waals surface area contributed by atoms with E-state index in [1.165, 1.54) is 11.1 Å². The van der Waals surface area contributed by atoms with Crippen molar-refractivity contribution in [1.29, 1.82) is 0 Å². The Labute approximate surface area is 243 Å². The number of piperidine rings is 1. The Balaban J connectivity index is 0.000000316. The van der Waals surface area contributed by atoms with Gasteiger partial charge in [0.25, 0.3) is 0 Å². The summed E-state index contributed by atoms with van der Waals surface area (Å²) < 4.78 is 7.44. The number of likely N-dealkylation sites (tertiary alicyclic amines) is 1. The Morgan fingerprint density at radius 3 is 2.10 bits per heavy atom. The first-order valence-electron chi connectivity index (χ1n) is 13.4. The number of aliphatic carboxylic acids is 3. The van der Waals surface area contributed by atoms with Crippen molar-refractivity contribution in [3.05, 3.63) is 83.2 Å². The van der Waals surface area contributed by atoms with E-state index in [4.69, 9.17) is 25.2 Å². The molecule has 1 aromatic heterocycles. The number of ether oxygens (including phenoxy) is 1. The lowest BCUT2D eigenvalue weighted by Gasteiger charge is -2.38. The van der Waals surface area contributed by atoms with Crippen LogP contribution in [0.4, 0.5) is 0 Å². The molecule has 1 saturated heterocycles. The van der Waals surface area contributed by atoms with E-state index in [0.717, 1.165) is 49.4 Å². The molecule has 0 aliphatic carbocycles. The van der Waals surface area contributed by atoms with Gasteiger partial charge in [0, 0.05) is 37.6 Å². The predicted octanol–water partition coefficient (Wildman–Crippen LogP) is 2.48. The molecule has 5 N–H and O–H groups in total. The van der Waals surface area contributed by atoms with Crippen LogP contribution in [0.15, 0.2) is 60.9 Å². The number of aliphatic hydroxyl groups is 2. The standard InChI is InChI=1S/C24H29N3O2.C6H8O7/c1-19-4-7-22(8-5-19)24(28)10-14-26(15-11-24)17-20-6-9-23(29-2)21(16-20)18-27-13-3-12-25-27;7-3(8)1-6(13,5(11)12)2-4(9)10/h3-9,12-13,16,28H,10-11,14-15,17-18H2,1-2H3;13H,1-2H2,(H,7,8)(H,9,10)(H,11,12). The lowest BCUT2D eigenvalue weighted by molar-refractivity contribution is -0.170. The Hall–Kier alpha value is -4.26. The number of aryl methyl sites for hydroxylation is 1. The van der Waals surface area contributed by atoms with Crippen LogP contribution in [-0.4, -0.2) is 83.9 Å². The van der Waals surface area contributed by atoms with Crippen LogP contribution in [0.3, 0.4) is 0 Å². The second-order valence-electron chi connectivity index (χ2n) is 10.5. The van der Waals surface area contributed by atoms with E-state index in [1.54, 1.807) is 13.3 Å². The van der Waals surface area contributed by atoms with Gasteiger partial charge in [-0.25, -0.2) is 4.79 Å². The van der Waals surface area contributed by atoms with Crippen LogP contribution in [0.2, 0.25) is 0 Å². The highest BCUT2D eigenvalue weighted by Crippen LogP contribution is 2.33. The zero-order valence-corrected chi connectivity index (χ0v) is 23.6. The number of carbonyl (C=O) groups is 3. The third kappa shape index (κ3) is 8.87. The van der Waals surface area contributed by atoms with Crippen molar-refractivity contribution in [3.8, 4) is 5.75 Å². The SMILES string of the molecule is COc1ccc(CN2CCC(O)(c3ccc(C)cc3)CC2)cc1Cn1cccn1.O=C(O)CC(O)(CC(=O)O)C(=O)O. The molecule has 0 unspecified atom stereocenters. The third-order valence-corrected chi connectivity index (χ3v) is 7.20. The minimum absolute atomic E-state index is 0.692. The number of hydrogen-bond acceptors (Lipinski definition) is 8. The van der Waals surface area contributed by atoms with E-state index in [0.29, 0.717) is 6.54 Å². The van der Waals surface area contributed by atoms with Gasteiger partial charge in [-0.2, -0.15) is 5.10 Å². The van der Waals surface area contributed by atoms with E-state index < -0.39 is 42.0 Å². The van der Waals surface area contributed by atoms with Gasteiger partial charge < -0.3 is 30.3 Å². The lowest BCUT2D eigenvalue weighted by Crippen LogP contribution is -2.42. The van der Waals surface area contributed by atoms with Gasteiger partial charge in [-0.3, -0.25) is 19.2 Å². The number of rotatable bonds is 11. The summed E-state index contributed by atoms with van der Waals surface area (Å²) in [5.41, 5.74) is 1.19. The van der Waals surface area contributed by atoms with Crippen molar-refractivity contribution in [3.63, 3.8) is 0 Å². The average molecular weight is 584 g/mol. The quantitative estimate of drug-likeness (QED) is 0.224. The monoisotopic (exact) mass is 583 g/mol. The van der Waals surface area contributed by atoms with Gasteiger partial charge in [-0.15, -0.1) is 0 Å². The zero-order valence-electron chi connectivity index (χ0n) is 23.6. The largest absolute Gasteiger partial charge is 0.496 e. The third-order valence-electron chi connectivity index (χ3n) is 7.20. The fourth-order valence-electron chi connectivity index (χ4n) is 4.83. The molecule has 0 bridgehead atoms. The van der Waals surface area contributed by atoms with Crippen LogP contribution in [0, 0.1) is 6.92 Å². The number of carboxylic acids is 3. The molecule has 3 aromatic rings. The molecule has 1 fully saturated rings. The number of methoxy groups -OCH3 is 1. The van der Waals surface area contributed by atoms with Gasteiger partial charge >= 0.3 is 17.9 Å². The summed E-state index contributed by atoms with van der Waals surface area (Å²) in [6.45, 7) is 5.40. The van der Waals surface area contributed by atoms with Crippen LogP contribution < -0.4 is 4.74 Å². The molecule has 0 atom stereocenters. The van der Waals surface area contributed by atoms with Crippen LogP contribution in [0.25, 0.3) is 0 Å². The number of aromatic nitrogens is 2. The maximum absolute atomic E-state index is 11.1. The molecule has 12 nitrogen and oxygen atoms in total. The van der Waals surface area contributed by atoms with Crippen LogP contribution in [-0.2, 0) is 33.1 Å². The summed E-state index contributed by atoms with van der Waals surface area (Å²) in [4.78, 5) is 32.9. The number of benzene rings is 2. The van der Waals surface area contributed by atoms with Crippen molar-refractivity contribution >= 4 is 17.9 Å². The highest BCUT2D eigenvalue weighted by molar-refractivity contribution is 5.88. The van der Waals surface area contributed by atoms with Gasteiger partial charge in [0.15, 0.2) is 5.60 Å². The summed E-state index contributed by atoms with van der Waals surface area (Å²) in [7, 11) is 1.71. The fraction of sp³-hybridized carbons (Fsp3) is 0.400. The molecule has 0 spiro atoms. The second kappa shape index (κ2) is 14.1. The van der Waals surface area contributed by atoms with Crippen LogP contribution in [0.5, 0.6) is 5.75 Å².